The molecule has 0 unspecified atom stereocenters. The standard InChI is InChI=1S/C13H15N3O3/c1-3-8-7-14-16-12(8)15-13(18)9-4-5-11(19-2)10(17)6-9/h4-7,17H,3H2,1-2H3,(H2,14,15,16,18). The molecule has 6 heteroatoms. The molecule has 1 amide bonds. The Morgan fingerprint density at radius 1 is 1.53 bits per heavy atom. The molecular weight excluding hydrogens is 246 g/mol. The van der Waals surface area contributed by atoms with Gasteiger partial charge in [-0.25, -0.2) is 0 Å². The minimum atomic E-state index is -0.322. The molecule has 1 heterocycles. The van der Waals surface area contributed by atoms with Crippen LogP contribution in [-0.2, 0) is 6.42 Å². The first-order valence-corrected chi connectivity index (χ1v) is 5.86. The van der Waals surface area contributed by atoms with Gasteiger partial charge in [0.15, 0.2) is 11.5 Å². The second-order valence-electron chi connectivity index (χ2n) is 3.96. The monoisotopic (exact) mass is 261 g/mol. The van der Waals surface area contributed by atoms with E-state index in [9.17, 15) is 9.90 Å². The summed E-state index contributed by atoms with van der Waals surface area (Å²) in [6, 6.07) is 4.48. The van der Waals surface area contributed by atoms with Gasteiger partial charge in [0.25, 0.3) is 5.91 Å². The van der Waals surface area contributed by atoms with Gasteiger partial charge < -0.3 is 15.2 Å². The van der Waals surface area contributed by atoms with Gasteiger partial charge in [0.1, 0.15) is 5.82 Å². The van der Waals surface area contributed by atoms with E-state index in [1.165, 1.54) is 19.2 Å². The summed E-state index contributed by atoms with van der Waals surface area (Å²) in [5.41, 5.74) is 1.26. The van der Waals surface area contributed by atoms with Gasteiger partial charge in [-0.15, -0.1) is 0 Å². The van der Waals surface area contributed by atoms with Crippen molar-refractivity contribution in [2.24, 2.45) is 0 Å². The molecule has 0 spiro atoms. The van der Waals surface area contributed by atoms with Crippen molar-refractivity contribution in [2.45, 2.75) is 13.3 Å². The number of aromatic nitrogens is 2. The first kappa shape index (κ1) is 12.9. The number of aromatic amines is 1. The van der Waals surface area contributed by atoms with Crippen LogP contribution in [0.1, 0.15) is 22.8 Å². The fourth-order valence-electron chi connectivity index (χ4n) is 1.70. The summed E-state index contributed by atoms with van der Waals surface area (Å²) in [4.78, 5) is 12.0. The number of rotatable bonds is 4. The van der Waals surface area contributed by atoms with Gasteiger partial charge in [-0.3, -0.25) is 9.89 Å². The minimum absolute atomic E-state index is 0.0736. The fraction of sp³-hybridized carbons (Fsp3) is 0.231. The van der Waals surface area contributed by atoms with E-state index in [2.05, 4.69) is 15.5 Å². The molecule has 3 N–H and O–H groups in total. The third-order valence-corrected chi connectivity index (χ3v) is 2.78. The molecule has 2 aromatic rings. The number of phenolic OH excluding ortho intramolecular Hbond substituents is 1. The molecule has 100 valence electrons. The molecule has 19 heavy (non-hydrogen) atoms. The summed E-state index contributed by atoms with van der Waals surface area (Å²) in [7, 11) is 1.45. The number of methoxy groups -OCH3 is 1. The zero-order chi connectivity index (χ0) is 13.8. The number of carbonyl (C=O) groups is 1. The van der Waals surface area contributed by atoms with Crippen LogP contribution in [0.25, 0.3) is 0 Å². The van der Waals surface area contributed by atoms with E-state index in [-0.39, 0.29) is 11.7 Å². The zero-order valence-corrected chi connectivity index (χ0v) is 10.7. The minimum Gasteiger partial charge on any atom is -0.504 e. The Balaban J connectivity index is 2.18. The van der Waals surface area contributed by atoms with E-state index in [0.29, 0.717) is 17.1 Å². The summed E-state index contributed by atoms with van der Waals surface area (Å²) in [5, 5.41) is 19.0. The van der Waals surface area contributed by atoms with Crippen LogP contribution in [0, 0.1) is 0 Å². The molecule has 0 aliphatic rings. The summed E-state index contributed by atoms with van der Waals surface area (Å²) in [5.74, 6) is 0.502. The van der Waals surface area contributed by atoms with Crippen LogP contribution in [0.15, 0.2) is 24.4 Å². The van der Waals surface area contributed by atoms with Crippen molar-refractivity contribution < 1.29 is 14.6 Å². The average molecular weight is 261 g/mol. The number of nitrogens with zero attached hydrogens (tertiary/aromatic N) is 1. The van der Waals surface area contributed by atoms with Gasteiger partial charge in [0.2, 0.25) is 0 Å². The Kier molecular flexibility index (Phi) is 3.70. The number of amides is 1. The van der Waals surface area contributed by atoms with Crippen molar-refractivity contribution in [1.29, 1.82) is 0 Å². The number of aryl methyl sites for hydroxylation is 1. The largest absolute Gasteiger partial charge is 0.504 e. The third kappa shape index (κ3) is 2.67. The van der Waals surface area contributed by atoms with Crippen molar-refractivity contribution in [3.05, 3.63) is 35.5 Å². The molecule has 0 aliphatic carbocycles. The highest BCUT2D eigenvalue weighted by Gasteiger charge is 2.12. The number of hydrogen-bond acceptors (Lipinski definition) is 4. The van der Waals surface area contributed by atoms with Crippen molar-refractivity contribution in [2.75, 3.05) is 12.4 Å². The molecule has 0 aliphatic heterocycles. The molecule has 0 radical (unpaired) electrons. The Labute approximate surface area is 110 Å². The molecule has 0 saturated heterocycles. The first-order chi connectivity index (χ1) is 9.15. The summed E-state index contributed by atoms with van der Waals surface area (Å²) < 4.78 is 4.92. The normalized spacial score (nSPS) is 10.2. The molecule has 2 rings (SSSR count). The molecule has 1 aromatic heterocycles. The number of ether oxygens (including phenoxy) is 1. The van der Waals surface area contributed by atoms with Gasteiger partial charge >= 0.3 is 0 Å². The van der Waals surface area contributed by atoms with Crippen molar-refractivity contribution >= 4 is 11.7 Å². The lowest BCUT2D eigenvalue weighted by molar-refractivity contribution is 0.102. The van der Waals surface area contributed by atoms with E-state index >= 15 is 0 Å². The highest BCUT2D eigenvalue weighted by molar-refractivity contribution is 6.04. The van der Waals surface area contributed by atoms with E-state index in [0.717, 1.165) is 12.0 Å². The zero-order valence-electron chi connectivity index (χ0n) is 10.7. The Morgan fingerprint density at radius 3 is 2.95 bits per heavy atom. The molecule has 0 saturated carbocycles. The van der Waals surface area contributed by atoms with Crippen LogP contribution >= 0.6 is 0 Å². The molecule has 0 fully saturated rings. The van der Waals surface area contributed by atoms with E-state index < -0.39 is 0 Å². The SMILES string of the molecule is CCc1cn[nH]c1NC(=O)c1ccc(OC)c(O)c1. The van der Waals surface area contributed by atoms with Crippen LogP contribution < -0.4 is 10.1 Å². The van der Waals surface area contributed by atoms with Gasteiger partial charge in [-0.1, -0.05) is 6.92 Å². The Bertz CT molecular complexity index is 593. The molecule has 1 aromatic carbocycles. The lowest BCUT2D eigenvalue weighted by Crippen LogP contribution is -2.13. The Hall–Kier alpha value is -2.50. The second kappa shape index (κ2) is 5.43. The highest BCUT2D eigenvalue weighted by atomic mass is 16.5. The molecule has 6 nitrogen and oxygen atoms in total. The van der Waals surface area contributed by atoms with Gasteiger partial charge in [0.05, 0.1) is 13.3 Å². The van der Waals surface area contributed by atoms with Crippen molar-refractivity contribution in [3.63, 3.8) is 0 Å². The number of H-pyrrole nitrogens is 1. The van der Waals surface area contributed by atoms with Gasteiger partial charge in [0, 0.05) is 11.1 Å². The van der Waals surface area contributed by atoms with Crippen LogP contribution in [0.2, 0.25) is 0 Å². The topological polar surface area (TPSA) is 87.2 Å². The number of aromatic hydroxyl groups is 1. The average Bonchev–Trinajstić information content (AvgIpc) is 2.85. The second-order valence-corrected chi connectivity index (χ2v) is 3.96. The van der Waals surface area contributed by atoms with Crippen LogP contribution in [0.5, 0.6) is 11.5 Å². The maximum absolute atomic E-state index is 12.0. The Morgan fingerprint density at radius 2 is 2.32 bits per heavy atom. The maximum atomic E-state index is 12.0. The summed E-state index contributed by atoms with van der Waals surface area (Å²) in [6.45, 7) is 1.97. The number of nitrogens with one attached hydrogen (secondary N) is 2. The predicted octanol–water partition coefficient (Wildman–Crippen LogP) is 1.94. The highest BCUT2D eigenvalue weighted by Crippen LogP contribution is 2.26. The number of carbonyl (C=O) groups excluding carboxylic acids is 1. The lowest BCUT2D eigenvalue weighted by atomic mass is 10.2. The van der Waals surface area contributed by atoms with Crippen molar-refractivity contribution in [1.82, 2.24) is 10.2 Å². The van der Waals surface area contributed by atoms with Crippen LogP contribution in [-0.4, -0.2) is 28.3 Å². The first-order valence-electron chi connectivity index (χ1n) is 5.86. The quantitative estimate of drug-likeness (QED) is 0.784. The van der Waals surface area contributed by atoms with Crippen LogP contribution in [0.4, 0.5) is 5.82 Å². The summed E-state index contributed by atoms with van der Waals surface area (Å²) >= 11 is 0. The summed E-state index contributed by atoms with van der Waals surface area (Å²) in [6.07, 6.45) is 2.43. The lowest BCUT2D eigenvalue weighted by Gasteiger charge is -2.07. The van der Waals surface area contributed by atoms with E-state index in [4.69, 9.17) is 4.74 Å². The molecular formula is C13H15N3O3. The van der Waals surface area contributed by atoms with E-state index in [1.807, 2.05) is 6.92 Å². The molecule has 0 atom stereocenters. The smallest absolute Gasteiger partial charge is 0.256 e. The third-order valence-electron chi connectivity index (χ3n) is 2.78. The molecule has 0 bridgehead atoms. The number of benzene rings is 1. The van der Waals surface area contributed by atoms with E-state index in [1.54, 1.807) is 12.3 Å². The van der Waals surface area contributed by atoms with Gasteiger partial charge in [-0.2, -0.15) is 5.10 Å². The maximum Gasteiger partial charge on any atom is 0.256 e. The fourth-order valence-corrected chi connectivity index (χ4v) is 1.70. The van der Waals surface area contributed by atoms with Gasteiger partial charge in [-0.05, 0) is 24.6 Å². The number of hydrogen-bond donors (Lipinski definition) is 3. The predicted molar refractivity (Wildman–Crippen MR) is 70.6 cm³/mol. The number of phenols is 1. The van der Waals surface area contributed by atoms with Crippen LogP contribution in [0.3, 0.4) is 0 Å². The number of anilines is 1. The van der Waals surface area contributed by atoms with Crippen molar-refractivity contribution in [3.8, 4) is 11.5 Å².